The SMILES string of the molecule is CCc1cc(-c2nccc3c2[nH]c2ccccc23)c(C)s1. The van der Waals surface area contributed by atoms with E-state index in [-0.39, 0.29) is 0 Å². The number of H-pyrrole nitrogens is 1. The third kappa shape index (κ3) is 1.88. The van der Waals surface area contributed by atoms with Gasteiger partial charge < -0.3 is 4.98 Å². The van der Waals surface area contributed by atoms with Crippen LogP contribution in [0.15, 0.2) is 42.6 Å². The van der Waals surface area contributed by atoms with Crippen molar-refractivity contribution in [3.63, 3.8) is 0 Å². The van der Waals surface area contributed by atoms with Crippen LogP contribution in [0.5, 0.6) is 0 Å². The Morgan fingerprint density at radius 2 is 2.00 bits per heavy atom. The zero-order valence-corrected chi connectivity index (χ0v) is 12.9. The summed E-state index contributed by atoms with van der Waals surface area (Å²) in [7, 11) is 0. The van der Waals surface area contributed by atoms with Crippen LogP contribution in [-0.4, -0.2) is 9.97 Å². The van der Waals surface area contributed by atoms with Crippen LogP contribution in [0.4, 0.5) is 0 Å². The Kier molecular flexibility index (Phi) is 2.82. The van der Waals surface area contributed by atoms with Crippen molar-refractivity contribution in [3.8, 4) is 11.3 Å². The fourth-order valence-electron chi connectivity index (χ4n) is 2.93. The van der Waals surface area contributed by atoms with Crippen LogP contribution in [0, 0.1) is 6.92 Å². The first-order valence-electron chi connectivity index (χ1n) is 7.23. The van der Waals surface area contributed by atoms with Gasteiger partial charge in [-0.2, -0.15) is 0 Å². The van der Waals surface area contributed by atoms with Crippen LogP contribution in [-0.2, 0) is 6.42 Å². The van der Waals surface area contributed by atoms with Gasteiger partial charge in [-0.25, -0.2) is 0 Å². The Bertz CT molecular complexity index is 946. The largest absolute Gasteiger partial charge is 0.353 e. The quantitative estimate of drug-likeness (QED) is 0.532. The molecule has 0 fully saturated rings. The topological polar surface area (TPSA) is 28.7 Å². The first-order valence-corrected chi connectivity index (χ1v) is 8.04. The predicted octanol–water partition coefficient (Wildman–Crippen LogP) is 5.32. The highest BCUT2D eigenvalue weighted by atomic mass is 32.1. The van der Waals surface area contributed by atoms with E-state index in [0.717, 1.165) is 17.6 Å². The second-order valence-corrected chi connectivity index (χ2v) is 6.63. The monoisotopic (exact) mass is 292 g/mol. The van der Waals surface area contributed by atoms with Crippen LogP contribution in [0.3, 0.4) is 0 Å². The number of aromatic amines is 1. The van der Waals surface area contributed by atoms with Crippen LogP contribution in [0.1, 0.15) is 16.7 Å². The third-order valence-electron chi connectivity index (χ3n) is 4.00. The zero-order chi connectivity index (χ0) is 14.4. The minimum absolute atomic E-state index is 1.07. The van der Waals surface area contributed by atoms with Crippen molar-refractivity contribution in [2.75, 3.05) is 0 Å². The van der Waals surface area contributed by atoms with Gasteiger partial charge >= 0.3 is 0 Å². The molecular formula is C18H16N2S. The van der Waals surface area contributed by atoms with Crippen molar-refractivity contribution in [3.05, 3.63) is 52.3 Å². The maximum absolute atomic E-state index is 4.66. The summed E-state index contributed by atoms with van der Waals surface area (Å²) in [6.07, 6.45) is 2.99. The number of aryl methyl sites for hydroxylation is 2. The van der Waals surface area contributed by atoms with Crippen molar-refractivity contribution in [1.82, 2.24) is 9.97 Å². The molecule has 0 amide bonds. The first kappa shape index (κ1) is 12.6. The minimum atomic E-state index is 1.07. The summed E-state index contributed by atoms with van der Waals surface area (Å²) in [5.74, 6) is 0. The molecule has 0 aliphatic carbocycles. The maximum atomic E-state index is 4.66. The predicted molar refractivity (Wildman–Crippen MR) is 91.0 cm³/mol. The lowest BCUT2D eigenvalue weighted by molar-refractivity contribution is 1.19. The minimum Gasteiger partial charge on any atom is -0.353 e. The molecule has 0 atom stereocenters. The fourth-order valence-corrected chi connectivity index (χ4v) is 3.91. The van der Waals surface area contributed by atoms with Gasteiger partial charge in [0.2, 0.25) is 0 Å². The molecule has 1 N–H and O–H groups in total. The molecule has 104 valence electrons. The van der Waals surface area contributed by atoms with Gasteiger partial charge in [-0.15, -0.1) is 11.3 Å². The second-order valence-electron chi connectivity index (χ2n) is 5.29. The summed E-state index contributed by atoms with van der Waals surface area (Å²) in [4.78, 5) is 11.0. The van der Waals surface area contributed by atoms with Gasteiger partial charge in [0.05, 0.1) is 11.2 Å². The van der Waals surface area contributed by atoms with E-state index in [4.69, 9.17) is 0 Å². The summed E-state index contributed by atoms with van der Waals surface area (Å²) in [5, 5.41) is 2.51. The molecule has 3 aromatic heterocycles. The molecule has 4 rings (SSSR count). The Morgan fingerprint density at radius 1 is 1.14 bits per heavy atom. The van der Waals surface area contributed by atoms with Gasteiger partial charge in [0.1, 0.15) is 0 Å². The highest BCUT2D eigenvalue weighted by Gasteiger charge is 2.14. The van der Waals surface area contributed by atoms with E-state index in [1.165, 1.54) is 31.6 Å². The number of fused-ring (bicyclic) bond motifs is 3. The summed E-state index contributed by atoms with van der Waals surface area (Å²) in [6, 6.07) is 12.8. The number of hydrogen-bond acceptors (Lipinski definition) is 2. The highest BCUT2D eigenvalue weighted by molar-refractivity contribution is 7.12. The van der Waals surface area contributed by atoms with Crippen molar-refractivity contribution in [2.24, 2.45) is 0 Å². The number of benzene rings is 1. The average molecular weight is 292 g/mol. The summed E-state index contributed by atoms with van der Waals surface area (Å²) in [6.45, 7) is 4.38. The Hall–Kier alpha value is -2.13. The molecule has 0 aliphatic heterocycles. The molecule has 1 aromatic carbocycles. The molecule has 0 bridgehead atoms. The lowest BCUT2D eigenvalue weighted by Crippen LogP contribution is -1.85. The molecule has 3 heteroatoms. The Balaban J connectivity index is 2.06. The number of hydrogen-bond donors (Lipinski definition) is 1. The number of nitrogens with one attached hydrogen (secondary N) is 1. The summed E-state index contributed by atoms with van der Waals surface area (Å²) < 4.78 is 0. The molecule has 0 saturated heterocycles. The summed E-state index contributed by atoms with van der Waals surface area (Å²) >= 11 is 1.87. The van der Waals surface area contributed by atoms with Gasteiger partial charge in [-0.1, -0.05) is 25.1 Å². The summed E-state index contributed by atoms with van der Waals surface area (Å²) in [5.41, 5.74) is 4.64. The molecule has 3 heterocycles. The van der Waals surface area contributed by atoms with E-state index in [0.29, 0.717) is 0 Å². The fraction of sp³-hybridized carbons (Fsp3) is 0.167. The van der Waals surface area contributed by atoms with Crippen LogP contribution < -0.4 is 0 Å². The van der Waals surface area contributed by atoms with E-state index in [9.17, 15) is 0 Å². The number of aromatic nitrogens is 2. The van der Waals surface area contributed by atoms with Gasteiger partial charge in [-0.3, -0.25) is 4.98 Å². The van der Waals surface area contributed by atoms with Gasteiger partial charge in [0, 0.05) is 37.8 Å². The molecule has 21 heavy (non-hydrogen) atoms. The van der Waals surface area contributed by atoms with Crippen molar-refractivity contribution in [2.45, 2.75) is 20.3 Å². The molecule has 0 saturated carbocycles. The smallest absolute Gasteiger partial charge is 0.0954 e. The zero-order valence-electron chi connectivity index (χ0n) is 12.1. The average Bonchev–Trinajstić information content (AvgIpc) is 3.07. The second kappa shape index (κ2) is 4.71. The van der Waals surface area contributed by atoms with Crippen molar-refractivity contribution in [1.29, 1.82) is 0 Å². The lowest BCUT2D eigenvalue weighted by Gasteiger charge is -2.01. The number of rotatable bonds is 2. The van der Waals surface area contributed by atoms with Crippen LogP contribution >= 0.6 is 11.3 Å². The molecule has 2 nitrogen and oxygen atoms in total. The number of para-hydroxylation sites is 1. The van der Waals surface area contributed by atoms with E-state index in [1.54, 1.807) is 0 Å². The Labute approximate surface area is 127 Å². The molecule has 0 unspecified atom stereocenters. The molecule has 4 aromatic rings. The van der Waals surface area contributed by atoms with Gasteiger partial charge in [0.15, 0.2) is 0 Å². The van der Waals surface area contributed by atoms with E-state index < -0.39 is 0 Å². The van der Waals surface area contributed by atoms with Crippen LogP contribution in [0.2, 0.25) is 0 Å². The van der Waals surface area contributed by atoms with E-state index in [1.807, 2.05) is 17.5 Å². The molecule has 0 radical (unpaired) electrons. The van der Waals surface area contributed by atoms with Crippen LogP contribution in [0.25, 0.3) is 33.1 Å². The standard InChI is InChI=1S/C18H16N2S/c1-3-12-10-15(11(2)21-12)17-18-14(8-9-19-17)13-6-4-5-7-16(13)20-18/h4-10,20H,3H2,1-2H3. The van der Waals surface area contributed by atoms with Crippen molar-refractivity contribution < 1.29 is 0 Å². The number of thiophene rings is 1. The number of pyridine rings is 1. The molecule has 0 spiro atoms. The third-order valence-corrected chi connectivity index (χ3v) is 5.20. The molecular weight excluding hydrogens is 276 g/mol. The highest BCUT2D eigenvalue weighted by Crippen LogP contribution is 2.36. The van der Waals surface area contributed by atoms with Crippen molar-refractivity contribution >= 4 is 33.1 Å². The van der Waals surface area contributed by atoms with E-state index >= 15 is 0 Å². The lowest BCUT2D eigenvalue weighted by atomic mass is 10.1. The normalized spacial score (nSPS) is 11.5. The van der Waals surface area contributed by atoms with Gasteiger partial charge in [-0.05, 0) is 31.5 Å². The van der Waals surface area contributed by atoms with Gasteiger partial charge in [0.25, 0.3) is 0 Å². The van der Waals surface area contributed by atoms with E-state index in [2.05, 4.69) is 60.2 Å². The molecule has 0 aliphatic rings. The number of nitrogens with zero attached hydrogens (tertiary/aromatic N) is 1. The Morgan fingerprint density at radius 3 is 2.81 bits per heavy atom. The first-order chi connectivity index (χ1) is 10.3. The maximum Gasteiger partial charge on any atom is 0.0954 e.